The molecular formula is C16H25FN2. The van der Waals surface area contributed by atoms with Crippen molar-refractivity contribution in [2.75, 3.05) is 13.1 Å². The molecule has 0 aliphatic carbocycles. The smallest absolute Gasteiger partial charge is 0.127 e. The SMILES string of the molecule is CC(C)N1CCCCC(CN)C1c1ccccc1F. The number of halogens is 1. The molecule has 2 rings (SSSR count). The van der Waals surface area contributed by atoms with Crippen LogP contribution in [0.4, 0.5) is 4.39 Å². The van der Waals surface area contributed by atoms with Crippen LogP contribution in [0.25, 0.3) is 0 Å². The van der Waals surface area contributed by atoms with Crippen molar-refractivity contribution in [1.29, 1.82) is 0 Å². The lowest BCUT2D eigenvalue weighted by molar-refractivity contribution is 0.118. The number of rotatable bonds is 3. The maximum atomic E-state index is 14.2. The van der Waals surface area contributed by atoms with Gasteiger partial charge in [-0.1, -0.05) is 24.6 Å². The van der Waals surface area contributed by atoms with E-state index in [0.29, 0.717) is 18.5 Å². The summed E-state index contributed by atoms with van der Waals surface area (Å²) in [4.78, 5) is 2.42. The van der Waals surface area contributed by atoms with E-state index < -0.39 is 0 Å². The predicted molar refractivity (Wildman–Crippen MR) is 77.4 cm³/mol. The molecule has 106 valence electrons. The van der Waals surface area contributed by atoms with Crippen LogP contribution in [0.1, 0.15) is 44.7 Å². The molecule has 0 aromatic heterocycles. The lowest BCUT2D eigenvalue weighted by Crippen LogP contribution is -2.40. The second kappa shape index (κ2) is 6.49. The molecule has 0 bridgehead atoms. The fraction of sp³-hybridized carbons (Fsp3) is 0.625. The van der Waals surface area contributed by atoms with Crippen LogP contribution in [-0.4, -0.2) is 24.0 Å². The lowest BCUT2D eigenvalue weighted by Gasteiger charge is -2.38. The highest BCUT2D eigenvalue weighted by molar-refractivity contribution is 5.22. The van der Waals surface area contributed by atoms with Crippen molar-refractivity contribution in [3.63, 3.8) is 0 Å². The Kier molecular flexibility index (Phi) is 4.94. The Labute approximate surface area is 115 Å². The highest BCUT2D eigenvalue weighted by Crippen LogP contribution is 2.36. The molecular weight excluding hydrogens is 239 g/mol. The standard InChI is InChI=1S/C16H25FN2/c1-12(2)19-10-6-5-7-13(11-18)16(19)14-8-3-4-9-15(14)17/h3-4,8-9,12-13,16H,5-7,10-11,18H2,1-2H3. The van der Waals surface area contributed by atoms with Crippen LogP contribution < -0.4 is 5.73 Å². The molecule has 1 aromatic carbocycles. The highest BCUT2D eigenvalue weighted by Gasteiger charge is 2.33. The first-order valence-electron chi connectivity index (χ1n) is 7.35. The Morgan fingerprint density at radius 2 is 2.05 bits per heavy atom. The van der Waals surface area contributed by atoms with Crippen molar-refractivity contribution < 1.29 is 4.39 Å². The van der Waals surface area contributed by atoms with E-state index in [1.807, 2.05) is 12.1 Å². The Morgan fingerprint density at radius 3 is 2.68 bits per heavy atom. The van der Waals surface area contributed by atoms with Gasteiger partial charge in [-0.3, -0.25) is 4.90 Å². The van der Waals surface area contributed by atoms with Gasteiger partial charge in [-0.25, -0.2) is 4.39 Å². The molecule has 2 nitrogen and oxygen atoms in total. The zero-order valence-electron chi connectivity index (χ0n) is 12.0. The fourth-order valence-electron chi connectivity index (χ4n) is 3.24. The maximum Gasteiger partial charge on any atom is 0.127 e. The van der Waals surface area contributed by atoms with Gasteiger partial charge in [0.1, 0.15) is 5.82 Å². The van der Waals surface area contributed by atoms with Crippen LogP contribution in [0.15, 0.2) is 24.3 Å². The van der Waals surface area contributed by atoms with Crippen molar-refractivity contribution in [3.8, 4) is 0 Å². The van der Waals surface area contributed by atoms with E-state index >= 15 is 0 Å². The summed E-state index contributed by atoms with van der Waals surface area (Å²) in [5.74, 6) is 0.250. The largest absolute Gasteiger partial charge is 0.330 e. The molecule has 1 saturated heterocycles. The Morgan fingerprint density at radius 1 is 1.32 bits per heavy atom. The predicted octanol–water partition coefficient (Wildman–Crippen LogP) is 3.34. The quantitative estimate of drug-likeness (QED) is 0.907. The third-order valence-corrected chi connectivity index (χ3v) is 4.23. The Balaban J connectivity index is 2.40. The topological polar surface area (TPSA) is 29.3 Å². The molecule has 1 fully saturated rings. The molecule has 2 unspecified atom stereocenters. The van der Waals surface area contributed by atoms with Gasteiger partial charge >= 0.3 is 0 Å². The second-order valence-corrected chi connectivity index (χ2v) is 5.79. The van der Waals surface area contributed by atoms with Crippen LogP contribution in [0.3, 0.4) is 0 Å². The first-order valence-corrected chi connectivity index (χ1v) is 7.35. The third-order valence-electron chi connectivity index (χ3n) is 4.23. The maximum absolute atomic E-state index is 14.2. The first kappa shape index (κ1) is 14.5. The van der Waals surface area contributed by atoms with Crippen molar-refractivity contribution in [1.82, 2.24) is 4.90 Å². The molecule has 3 heteroatoms. The third kappa shape index (κ3) is 3.15. The van der Waals surface area contributed by atoms with E-state index in [2.05, 4.69) is 18.7 Å². The normalized spacial score (nSPS) is 25.5. The van der Waals surface area contributed by atoms with Gasteiger partial charge < -0.3 is 5.73 Å². The van der Waals surface area contributed by atoms with Crippen LogP contribution in [-0.2, 0) is 0 Å². The first-order chi connectivity index (χ1) is 9.15. The van der Waals surface area contributed by atoms with Crippen molar-refractivity contribution in [2.24, 2.45) is 11.7 Å². The van der Waals surface area contributed by atoms with E-state index in [0.717, 1.165) is 18.5 Å². The van der Waals surface area contributed by atoms with Crippen molar-refractivity contribution in [2.45, 2.75) is 45.2 Å². The van der Waals surface area contributed by atoms with Gasteiger partial charge in [-0.2, -0.15) is 0 Å². The van der Waals surface area contributed by atoms with Crippen LogP contribution in [0, 0.1) is 11.7 Å². The number of benzene rings is 1. The summed E-state index contributed by atoms with van der Waals surface area (Å²) in [6.45, 7) is 6.04. The molecule has 0 saturated carbocycles. The Hall–Kier alpha value is -0.930. The van der Waals surface area contributed by atoms with Gasteiger partial charge in [0.05, 0.1) is 0 Å². The Bertz CT molecular complexity index is 405. The molecule has 1 aromatic rings. The molecule has 0 radical (unpaired) electrons. The molecule has 1 aliphatic heterocycles. The fourth-order valence-corrected chi connectivity index (χ4v) is 3.24. The number of likely N-dealkylation sites (tertiary alicyclic amines) is 1. The van der Waals surface area contributed by atoms with Gasteiger partial charge in [-0.15, -0.1) is 0 Å². The summed E-state index contributed by atoms with van der Waals surface area (Å²) in [6.07, 6.45) is 3.47. The molecule has 1 heterocycles. The summed E-state index contributed by atoms with van der Waals surface area (Å²) >= 11 is 0. The van der Waals surface area contributed by atoms with E-state index in [1.54, 1.807) is 12.1 Å². The van der Waals surface area contributed by atoms with Gasteiger partial charge in [0.2, 0.25) is 0 Å². The molecule has 1 aliphatic rings. The number of hydrogen-bond acceptors (Lipinski definition) is 2. The molecule has 2 atom stereocenters. The molecule has 0 amide bonds. The van der Waals surface area contributed by atoms with Crippen LogP contribution >= 0.6 is 0 Å². The summed E-state index contributed by atoms with van der Waals surface area (Å²) in [5, 5.41) is 0. The van der Waals surface area contributed by atoms with Crippen molar-refractivity contribution >= 4 is 0 Å². The van der Waals surface area contributed by atoms with E-state index in [9.17, 15) is 4.39 Å². The zero-order valence-corrected chi connectivity index (χ0v) is 12.0. The summed E-state index contributed by atoms with van der Waals surface area (Å²) < 4.78 is 14.2. The van der Waals surface area contributed by atoms with Crippen LogP contribution in [0.2, 0.25) is 0 Å². The van der Waals surface area contributed by atoms with Crippen LogP contribution in [0.5, 0.6) is 0 Å². The number of hydrogen-bond donors (Lipinski definition) is 1. The van der Waals surface area contributed by atoms with Crippen molar-refractivity contribution in [3.05, 3.63) is 35.6 Å². The minimum Gasteiger partial charge on any atom is -0.330 e. The van der Waals surface area contributed by atoms with Gasteiger partial charge in [0, 0.05) is 17.6 Å². The van der Waals surface area contributed by atoms with E-state index in [-0.39, 0.29) is 11.9 Å². The average molecular weight is 264 g/mol. The minimum absolute atomic E-state index is 0.0986. The van der Waals surface area contributed by atoms with Gasteiger partial charge in [0.15, 0.2) is 0 Å². The lowest BCUT2D eigenvalue weighted by atomic mass is 9.88. The summed E-state index contributed by atoms with van der Waals surface area (Å²) in [6, 6.07) is 7.70. The minimum atomic E-state index is -0.0986. The zero-order chi connectivity index (χ0) is 13.8. The molecule has 2 N–H and O–H groups in total. The van der Waals surface area contributed by atoms with Gasteiger partial charge in [-0.05, 0) is 51.8 Å². The van der Waals surface area contributed by atoms with E-state index in [4.69, 9.17) is 5.73 Å². The average Bonchev–Trinajstić information content (AvgIpc) is 2.61. The summed E-state index contributed by atoms with van der Waals surface area (Å²) in [7, 11) is 0. The van der Waals surface area contributed by atoms with Gasteiger partial charge in [0.25, 0.3) is 0 Å². The molecule has 0 spiro atoms. The number of nitrogens with two attached hydrogens (primary N) is 1. The second-order valence-electron chi connectivity index (χ2n) is 5.79. The van der Waals surface area contributed by atoms with E-state index in [1.165, 1.54) is 12.8 Å². The monoisotopic (exact) mass is 264 g/mol. The molecule has 19 heavy (non-hydrogen) atoms. The highest BCUT2D eigenvalue weighted by atomic mass is 19.1. The number of nitrogens with zero attached hydrogens (tertiary/aromatic N) is 1. The summed E-state index contributed by atoms with van der Waals surface area (Å²) in [5.41, 5.74) is 6.78.